The van der Waals surface area contributed by atoms with Gasteiger partial charge in [-0.05, 0) is 44.2 Å². The third-order valence-corrected chi connectivity index (χ3v) is 3.45. The molecule has 0 radical (unpaired) electrons. The van der Waals surface area contributed by atoms with Crippen LogP contribution in [0.1, 0.15) is 11.1 Å². The van der Waals surface area contributed by atoms with Gasteiger partial charge < -0.3 is 15.5 Å². The van der Waals surface area contributed by atoms with Crippen molar-refractivity contribution in [1.29, 1.82) is 0 Å². The van der Waals surface area contributed by atoms with Crippen LogP contribution in [0, 0.1) is 13.8 Å². The van der Waals surface area contributed by atoms with Crippen molar-refractivity contribution in [3.05, 3.63) is 23.3 Å². The lowest BCUT2D eigenvalue weighted by atomic mass is 10.1. The van der Waals surface area contributed by atoms with E-state index in [1.54, 1.807) is 0 Å². The molecule has 1 aromatic rings. The van der Waals surface area contributed by atoms with Gasteiger partial charge >= 0.3 is 0 Å². The normalized spacial score (nSPS) is 17.8. The number of rotatable bonds is 1. The molecule has 1 aromatic carbocycles. The Morgan fingerprint density at radius 2 is 1.50 bits per heavy atom. The van der Waals surface area contributed by atoms with E-state index < -0.39 is 0 Å². The second-order valence-electron chi connectivity index (χ2n) is 4.78. The Hall–Kier alpha value is -1.22. The molecule has 88 valence electrons. The van der Waals surface area contributed by atoms with Crippen molar-refractivity contribution in [2.45, 2.75) is 13.8 Å². The number of piperazine rings is 1. The molecule has 3 heteroatoms. The van der Waals surface area contributed by atoms with Gasteiger partial charge in [-0.2, -0.15) is 0 Å². The van der Waals surface area contributed by atoms with E-state index in [4.69, 9.17) is 5.73 Å². The van der Waals surface area contributed by atoms with Crippen molar-refractivity contribution in [1.82, 2.24) is 4.90 Å². The van der Waals surface area contributed by atoms with Crippen molar-refractivity contribution < 1.29 is 0 Å². The standard InChI is InChI=1S/C13H21N3/c1-10-8-12(9-11(2)13(10)14)16-6-4-15(3)5-7-16/h8-9H,4-7,14H2,1-3H3. The lowest BCUT2D eigenvalue weighted by Gasteiger charge is -2.34. The summed E-state index contributed by atoms with van der Waals surface area (Å²) < 4.78 is 0. The molecule has 1 aliphatic rings. The minimum absolute atomic E-state index is 0.929. The first-order valence-corrected chi connectivity index (χ1v) is 5.88. The smallest absolute Gasteiger partial charge is 0.0374 e. The number of anilines is 2. The van der Waals surface area contributed by atoms with Gasteiger partial charge in [-0.3, -0.25) is 0 Å². The van der Waals surface area contributed by atoms with Crippen LogP contribution in [0.15, 0.2) is 12.1 Å². The van der Waals surface area contributed by atoms with Gasteiger partial charge in [-0.25, -0.2) is 0 Å². The second kappa shape index (κ2) is 4.34. The molecular formula is C13H21N3. The van der Waals surface area contributed by atoms with Crippen LogP contribution < -0.4 is 10.6 Å². The number of hydrogen-bond acceptors (Lipinski definition) is 3. The molecule has 0 amide bonds. The number of nitrogens with two attached hydrogens (primary N) is 1. The Bertz CT molecular complexity index is 356. The number of benzene rings is 1. The highest BCUT2D eigenvalue weighted by Crippen LogP contribution is 2.25. The zero-order chi connectivity index (χ0) is 11.7. The summed E-state index contributed by atoms with van der Waals surface area (Å²) in [5.74, 6) is 0. The van der Waals surface area contributed by atoms with Crippen LogP contribution >= 0.6 is 0 Å². The molecule has 2 rings (SSSR count). The number of nitrogen functional groups attached to an aromatic ring is 1. The fourth-order valence-electron chi connectivity index (χ4n) is 2.20. The molecule has 0 bridgehead atoms. The van der Waals surface area contributed by atoms with Gasteiger partial charge in [0.15, 0.2) is 0 Å². The van der Waals surface area contributed by atoms with Crippen molar-refractivity contribution >= 4 is 11.4 Å². The van der Waals surface area contributed by atoms with Crippen LogP contribution in [-0.2, 0) is 0 Å². The van der Waals surface area contributed by atoms with Crippen molar-refractivity contribution in [2.24, 2.45) is 0 Å². The summed E-state index contributed by atoms with van der Waals surface area (Å²) in [4.78, 5) is 4.81. The van der Waals surface area contributed by atoms with E-state index in [9.17, 15) is 0 Å². The highest BCUT2D eigenvalue weighted by molar-refractivity contribution is 5.62. The summed E-state index contributed by atoms with van der Waals surface area (Å²) >= 11 is 0. The number of aryl methyl sites for hydroxylation is 2. The summed E-state index contributed by atoms with van der Waals surface area (Å²) in [5, 5.41) is 0. The van der Waals surface area contributed by atoms with E-state index in [2.05, 4.69) is 42.8 Å². The Morgan fingerprint density at radius 3 is 2.00 bits per heavy atom. The number of likely N-dealkylation sites (N-methyl/N-ethyl adjacent to an activating group) is 1. The summed E-state index contributed by atoms with van der Waals surface area (Å²) in [5.41, 5.74) is 10.6. The maximum absolute atomic E-state index is 5.98. The average molecular weight is 219 g/mol. The van der Waals surface area contributed by atoms with Gasteiger partial charge in [-0.1, -0.05) is 0 Å². The predicted octanol–water partition coefficient (Wildman–Crippen LogP) is 1.64. The van der Waals surface area contributed by atoms with Crippen LogP contribution in [0.25, 0.3) is 0 Å². The Morgan fingerprint density at radius 1 is 1.00 bits per heavy atom. The van der Waals surface area contributed by atoms with Gasteiger partial charge in [0, 0.05) is 37.6 Å². The maximum atomic E-state index is 5.98. The van der Waals surface area contributed by atoms with Crippen LogP contribution in [0.5, 0.6) is 0 Å². The molecule has 0 saturated carbocycles. The minimum Gasteiger partial charge on any atom is -0.398 e. The largest absolute Gasteiger partial charge is 0.398 e. The maximum Gasteiger partial charge on any atom is 0.0374 e. The SMILES string of the molecule is Cc1cc(N2CCN(C)CC2)cc(C)c1N. The Kier molecular flexibility index (Phi) is 3.06. The first kappa shape index (κ1) is 11.3. The first-order chi connectivity index (χ1) is 7.58. The molecule has 0 spiro atoms. The summed E-state index contributed by atoms with van der Waals surface area (Å²) in [6.07, 6.45) is 0. The van der Waals surface area contributed by atoms with Crippen LogP contribution in [-0.4, -0.2) is 38.1 Å². The van der Waals surface area contributed by atoms with E-state index in [1.807, 2.05) is 0 Å². The number of nitrogens with zero attached hydrogens (tertiary/aromatic N) is 2. The summed E-state index contributed by atoms with van der Waals surface area (Å²) in [7, 11) is 2.18. The van der Waals surface area contributed by atoms with Gasteiger partial charge in [-0.15, -0.1) is 0 Å². The fraction of sp³-hybridized carbons (Fsp3) is 0.538. The summed E-state index contributed by atoms with van der Waals surface area (Å²) in [6, 6.07) is 4.40. The average Bonchev–Trinajstić information content (AvgIpc) is 2.26. The van der Waals surface area contributed by atoms with Crippen molar-refractivity contribution in [3.63, 3.8) is 0 Å². The third-order valence-electron chi connectivity index (χ3n) is 3.45. The van der Waals surface area contributed by atoms with Crippen LogP contribution in [0.4, 0.5) is 11.4 Å². The quantitative estimate of drug-likeness (QED) is 0.729. The lowest BCUT2D eigenvalue weighted by Crippen LogP contribution is -2.44. The molecule has 16 heavy (non-hydrogen) atoms. The Labute approximate surface area is 97.8 Å². The van der Waals surface area contributed by atoms with E-state index in [0.717, 1.165) is 31.9 Å². The molecule has 0 aliphatic carbocycles. The molecule has 1 aliphatic heterocycles. The molecule has 3 nitrogen and oxygen atoms in total. The predicted molar refractivity (Wildman–Crippen MR) is 70.0 cm³/mol. The highest BCUT2D eigenvalue weighted by Gasteiger charge is 2.15. The zero-order valence-corrected chi connectivity index (χ0v) is 10.5. The van der Waals surface area contributed by atoms with Crippen LogP contribution in [0.2, 0.25) is 0 Å². The Balaban J connectivity index is 2.21. The van der Waals surface area contributed by atoms with E-state index >= 15 is 0 Å². The lowest BCUT2D eigenvalue weighted by molar-refractivity contribution is 0.313. The molecule has 0 atom stereocenters. The van der Waals surface area contributed by atoms with E-state index in [1.165, 1.54) is 16.8 Å². The van der Waals surface area contributed by atoms with Crippen molar-refractivity contribution in [2.75, 3.05) is 43.9 Å². The van der Waals surface area contributed by atoms with E-state index in [0.29, 0.717) is 0 Å². The second-order valence-corrected chi connectivity index (χ2v) is 4.78. The molecule has 2 N–H and O–H groups in total. The summed E-state index contributed by atoms with van der Waals surface area (Å²) in [6.45, 7) is 8.67. The monoisotopic (exact) mass is 219 g/mol. The molecule has 0 aromatic heterocycles. The molecular weight excluding hydrogens is 198 g/mol. The molecule has 1 saturated heterocycles. The fourth-order valence-corrected chi connectivity index (χ4v) is 2.20. The van der Waals surface area contributed by atoms with Crippen molar-refractivity contribution in [3.8, 4) is 0 Å². The minimum atomic E-state index is 0.929. The molecule has 1 fully saturated rings. The van der Waals surface area contributed by atoms with Crippen LogP contribution in [0.3, 0.4) is 0 Å². The van der Waals surface area contributed by atoms with Gasteiger partial charge in [0.1, 0.15) is 0 Å². The zero-order valence-electron chi connectivity index (χ0n) is 10.5. The highest BCUT2D eigenvalue weighted by atomic mass is 15.2. The molecule has 0 unspecified atom stereocenters. The molecule has 1 heterocycles. The topological polar surface area (TPSA) is 32.5 Å². The van der Waals surface area contributed by atoms with Gasteiger partial charge in [0.2, 0.25) is 0 Å². The van der Waals surface area contributed by atoms with Gasteiger partial charge in [0.25, 0.3) is 0 Å². The third kappa shape index (κ3) is 2.14. The first-order valence-electron chi connectivity index (χ1n) is 5.88. The van der Waals surface area contributed by atoms with Gasteiger partial charge in [0.05, 0.1) is 0 Å². The number of hydrogen-bond donors (Lipinski definition) is 1. The van der Waals surface area contributed by atoms with E-state index in [-0.39, 0.29) is 0 Å².